The van der Waals surface area contributed by atoms with Crippen molar-refractivity contribution in [3.63, 3.8) is 0 Å². The molecule has 0 aromatic heterocycles. The van der Waals surface area contributed by atoms with Gasteiger partial charge in [-0.2, -0.15) is 0 Å². The van der Waals surface area contributed by atoms with Crippen LogP contribution < -0.4 is 15.4 Å². The summed E-state index contributed by atoms with van der Waals surface area (Å²) in [6.07, 6.45) is 0. The van der Waals surface area contributed by atoms with Crippen molar-refractivity contribution in [2.45, 2.75) is 13.0 Å². The van der Waals surface area contributed by atoms with E-state index >= 15 is 0 Å². The number of amides is 3. The zero-order valence-corrected chi connectivity index (χ0v) is 13.1. The van der Waals surface area contributed by atoms with Gasteiger partial charge in [0.05, 0.1) is 17.7 Å². The lowest BCUT2D eigenvalue weighted by Gasteiger charge is -2.13. The monoisotopic (exact) mass is 334 g/mol. The van der Waals surface area contributed by atoms with E-state index in [1.54, 1.807) is 19.1 Å². The second kappa shape index (κ2) is 8.71. The highest BCUT2D eigenvalue weighted by Crippen LogP contribution is 2.27. The first kappa shape index (κ1) is 17.6. The lowest BCUT2D eigenvalue weighted by Crippen LogP contribution is -2.46. The SMILES string of the molecule is COCC(C)NC(=O)NC(=O)COc1cc(Cl)ccc1Cl. The summed E-state index contributed by atoms with van der Waals surface area (Å²) in [5.41, 5.74) is 0. The van der Waals surface area contributed by atoms with Gasteiger partial charge in [0, 0.05) is 18.2 Å². The molecule has 0 saturated heterocycles. The second-order valence-electron chi connectivity index (χ2n) is 4.24. The van der Waals surface area contributed by atoms with Crippen molar-refractivity contribution < 1.29 is 19.1 Å². The van der Waals surface area contributed by atoms with E-state index in [1.165, 1.54) is 13.2 Å². The first-order valence-electron chi connectivity index (χ1n) is 6.09. The third-order valence-electron chi connectivity index (χ3n) is 2.30. The van der Waals surface area contributed by atoms with E-state index in [-0.39, 0.29) is 18.4 Å². The molecule has 1 rings (SSSR count). The Morgan fingerprint density at radius 1 is 1.33 bits per heavy atom. The Labute approximate surface area is 132 Å². The summed E-state index contributed by atoms with van der Waals surface area (Å²) in [4.78, 5) is 23.0. The number of methoxy groups -OCH3 is 1. The molecule has 0 heterocycles. The van der Waals surface area contributed by atoms with Crippen molar-refractivity contribution in [1.29, 1.82) is 0 Å². The Morgan fingerprint density at radius 3 is 2.71 bits per heavy atom. The van der Waals surface area contributed by atoms with Gasteiger partial charge in [-0.1, -0.05) is 23.2 Å². The summed E-state index contributed by atoms with van der Waals surface area (Å²) in [6, 6.07) is 3.80. The molecule has 0 saturated carbocycles. The van der Waals surface area contributed by atoms with Crippen LogP contribution in [-0.4, -0.2) is 38.3 Å². The minimum Gasteiger partial charge on any atom is -0.482 e. The maximum atomic E-state index is 11.6. The fraction of sp³-hybridized carbons (Fsp3) is 0.385. The molecule has 1 aromatic rings. The minimum absolute atomic E-state index is 0.217. The van der Waals surface area contributed by atoms with Gasteiger partial charge in [-0.05, 0) is 19.1 Å². The van der Waals surface area contributed by atoms with Gasteiger partial charge >= 0.3 is 6.03 Å². The zero-order chi connectivity index (χ0) is 15.8. The Morgan fingerprint density at radius 2 is 2.05 bits per heavy atom. The molecule has 116 valence electrons. The van der Waals surface area contributed by atoms with E-state index in [9.17, 15) is 9.59 Å². The highest BCUT2D eigenvalue weighted by Gasteiger charge is 2.12. The fourth-order valence-corrected chi connectivity index (χ4v) is 1.78. The number of halogens is 2. The molecule has 0 radical (unpaired) electrons. The number of benzene rings is 1. The molecule has 0 fully saturated rings. The molecule has 1 unspecified atom stereocenters. The highest BCUT2D eigenvalue weighted by atomic mass is 35.5. The number of hydrogen-bond acceptors (Lipinski definition) is 4. The van der Waals surface area contributed by atoms with Gasteiger partial charge in [0.15, 0.2) is 6.61 Å². The maximum Gasteiger partial charge on any atom is 0.321 e. The number of hydrogen-bond donors (Lipinski definition) is 2. The molecule has 0 aliphatic rings. The van der Waals surface area contributed by atoms with Crippen LogP contribution in [0.4, 0.5) is 4.79 Å². The first-order chi connectivity index (χ1) is 9.92. The smallest absolute Gasteiger partial charge is 0.321 e. The van der Waals surface area contributed by atoms with Gasteiger partial charge in [0.1, 0.15) is 5.75 Å². The van der Waals surface area contributed by atoms with Crippen molar-refractivity contribution >= 4 is 35.1 Å². The highest BCUT2D eigenvalue weighted by molar-refractivity contribution is 6.34. The molecule has 6 nitrogen and oxygen atoms in total. The molecule has 8 heteroatoms. The molecule has 1 aromatic carbocycles. The van der Waals surface area contributed by atoms with E-state index in [1.807, 2.05) is 0 Å². The number of carbonyl (C=O) groups is 2. The quantitative estimate of drug-likeness (QED) is 0.836. The minimum atomic E-state index is -0.620. The topological polar surface area (TPSA) is 76.7 Å². The van der Waals surface area contributed by atoms with Gasteiger partial charge in [-0.25, -0.2) is 4.79 Å². The third kappa shape index (κ3) is 6.66. The van der Waals surface area contributed by atoms with Crippen LogP contribution in [0, 0.1) is 0 Å². The maximum absolute atomic E-state index is 11.6. The number of imide groups is 1. The van der Waals surface area contributed by atoms with Crippen LogP contribution in [0.3, 0.4) is 0 Å². The van der Waals surface area contributed by atoms with Crippen LogP contribution in [0.1, 0.15) is 6.92 Å². The van der Waals surface area contributed by atoms with E-state index in [2.05, 4.69) is 10.6 Å². The molecule has 21 heavy (non-hydrogen) atoms. The first-order valence-corrected chi connectivity index (χ1v) is 6.85. The number of ether oxygens (including phenoxy) is 2. The lowest BCUT2D eigenvalue weighted by molar-refractivity contribution is -0.122. The van der Waals surface area contributed by atoms with E-state index < -0.39 is 11.9 Å². The van der Waals surface area contributed by atoms with Gasteiger partial charge < -0.3 is 14.8 Å². The molecular weight excluding hydrogens is 319 g/mol. The van der Waals surface area contributed by atoms with Gasteiger partial charge in [-0.3, -0.25) is 10.1 Å². The van der Waals surface area contributed by atoms with Crippen LogP contribution in [-0.2, 0) is 9.53 Å². The van der Waals surface area contributed by atoms with Gasteiger partial charge in [-0.15, -0.1) is 0 Å². The average Bonchev–Trinajstić information content (AvgIpc) is 2.39. The van der Waals surface area contributed by atoms with E-state index in [0.29, 0.717) is 16.7 Å². The molecule has 2 N–H and O–H groups in total. The fourth-order valence-electron chi connectivity index (χ4n) is 1.45. The largest absolute Gasteiger partial charge is 0.482 e. The van der Waals surface area contributed by atoms with E-state index in [4.69, 9.17) is 32.7 Å². The van der Waals surface area contributed by atoms with Gasteiger partial charge in [0.2, 0.25) is 0 Å². The van der Waals surface area contributed by atoms with Crippen LogP contribution in [0.25, 0.3) is 0 Å². The molecule has 1 atom stereocenters. The summed E-state index contributed by atoms with van der Waals surface area (Å²) < 4.78 is 10.1. The van der Waals surface area contributed by atoms with Crippen LogP contribution in [0.5, 0.6) is 5.75 Å². The van der Waals surface area contributed by atoms with Crippen LogP contribution in [0.2, 0.25) is 10.0 Å². The molecule has 0 aliphatic carbocycles. The van der Waals surface area contributed by atoms with Crippen molar-refractivity contribution in [2.75, 3.05) is 20.3 Å². The van der Waals surface area contributed by atoms with Crippen molar-refractivity contribution in [3.8, 4) is 5.75 Å². The predicted octanol–water partition coefficient (Wildman–Crippen LogP) is 2.23. The summed E-state index contributed by atoms with van der Waals surface area (Å²) in [6.45, 7) is 1.73. The standard InChI is InChI=1S/C13H16Cl2N2O4/c1-8(6-20-2)16-13(19)17-12(18)7-21-11-5-9(14)3-4-10(11)15/h3-5,8H,6-7H2,1-2H3,(H2,16,17,18,19). The molecular formula is C13H16Cl2N2O4. The molecule has 0 aliphatic heterocycles. The van der Waals surface area contributed by atoms with Gasteiger partial charge in [0.25, 0.3) is 5.91 Å². The number of nitrogens with one attached hydrogen (secondary N) is 2. The summed E-state index contributed by atoms with van der Waals surface area (Å²) in [5.74, 6) is -0.333. The Kier molecular flexibility index (Phi) is 7.28. The average molecular weight is 335 g/mol. The Balaban J connectivity index is 2.40. The van der Waals surface area contributed by atoms with E-state index in [0.717, 1.165) is 0 Å². The van der Waals surface area contributed by atoms with Crippen LogP contribution in [0.15, 0.2) is 18.2 Å². The molecule has 0 spiro atoms. The number of urea groups is 1. The second-order valence-corrected chi connectivity index (χ2v) is 5.09. The number of carbonyl (C=O) groups excluding carboxylic acids is 2. The molecule has 3 amide bonds. The number of rotatable bonds is 6. The summed E-state index contributed by atoms with van der Waals surface area (Å²) >= 11 is 11.7. The van der Waals surface area contributed by atoms with Crippen molar-refractivity contribution in [1.82, 2.24) is 10.6 Å². The zero-order valence-electron chi connectivity index (χ0n) is 11.6. The Bertz CT molecular complexity index is 511. The normalized spacial score (nSPS) is 11.6. The molecule has 0 bridgehead atoms. The summed E-state index contributed by atoms with van der Waals surface area (Å²) in [7, 11) is 1.52. The summed E-state index contributed by atoms with van der Waals surface area (Å²) in [5, 5.41) is 5.42. The lowest BCUT2D eigenvalue weighted by atomic mass is 10.3. The van der Waals surface area contributed by atoms with Crippen molar-refractivity contribution in [2.24, 2.45) is 0 Å². The van der Waals surface area contributed by atoms with Crippen molar-refractivity contribution in [3.05, 3.63) is 28.2 Å². The predicted molar refractivity (Wildman–Crippen MR) is 80.0 cm³/mol. The third-order valence-corrected chi connectivity index (χ3v) is 2.85. The van der Waals surface area contributed by atoms with Crippen LogP contribution >= 0.6 is 23.2 Å². The Hall–Kier alpha value is -1.50.